The van der Waals surface area contributed by atoms with E-state index in [2.05, 4.69) is 94.4 Å². The van der Waals surface area contributed by atoms with Crippen LogP contribution in [0.3, 0.4) is 0 Å². The van der Waals surface area contributed by atoms with Crippen LogP contribution in [0.4, 0.5) is 0 Å². The average molecular weight is 354 g/mol. The van der Waals surface area contributed by atoms with Crippen LogP contribution >= 0.6 is 27.7 Å². The largest absolute Gasteiger partial charge is 0.133 e. The second kappa shape index (κ2) is 7.68. The van der Waals surface area contributed by atoms with Crippen molar-refractivity contribution in [2.75, 3.05) is 0 Å². The summed E-state index contributed by atoms with van der Waals surface area (Å²) >= 11 is 0. The van der Waals surface area contributed by atoms with Gasteiger partial charge in [-0.05, 0) is 57.1 Å². The standard InChI is InChI=1S/C20H21P3/c21-12-14-4-9-20(18(10-14)13-22)17-3-1-2-16(11-17)15-5-7-19(23)8-6-15/h1-11H,12-13,21-23H2. The Labute approximate surface area is 145 Å². The van der Waals surface area contributed by atoms with E-state index in [1.54, 1.807) is 0 Å². The molecule has 3 rings (SSSR count). The third kappa shape index (κ3) is 3.89. The monoisotopic (exact) mass is 354 g/mol. The predicted octanol–water partition coefficient (Wildman–Crippen LogP) is 5.27. The van der Waals surface area contributed by atoms with E-state index in [0.29, 0.717) is 0 Å². The molecule has 3 heteroatoms. The van der Waals surface area contributed by atoms with Gasteiger partial charge in [0, 0.05) is 0 Å². The Bertz CT molecular complexity index is 807. The summed E-state index contributed by atoms with van der Waals surface area (Å²) < 4.78 is 0. The van der Waals surface area contributed by atoms with Gasteiger partial charge in [0.2, 0.25) is 0 Å². The van der Waals surface area contributed by atoms with Crippen LogP contribution in [0.2, 0.25) is 0 Å². The van der Waals surface area contributed by atoms with Crippen molar-refractivity contribution in [2.45, 2.75) is 12.3 Å². The van der Waals surface area contributed by atoms with E-state index < -0.39 is 0 Å². The van der Waals surface area contributed by atoms with Crippen LogP contribution in [0.5, 0.6) is 0 Å². The minimum Gasteiger partial charge on any atom is -0.133 e. The van der Waals surface area contributed by atoms with Crippen molar-refractivity contribution in [2.24, 2.45) is 0 Å². The minimum atomic E-state index is 0.972. The fourth-order valence-corrected chi connectivity index (χ4v) is 3.55. The maximum Gasteiger partial charge on any atom is -0.0122 e. The van der Waals surface area contributed by atoms with Crippen molar-refractivity contribution >= 4 is 33.0 Å². The first-order valence-electron chi connectivity index (χ1n) is 7.69. The van der Waals surface area contributed by atoms with E-state index in [0.717, 1.165) is 12.3 Å². The summed E-state index contributed by atoms with van der Waals surface area (Å²) in [7, 11) is 8.39. The highest BCUT2D eigenvalue weighted by atomic mass is 31.0. The molecule has 0 aliphatic heterocycles. The van der Waals surface area contributed by atoms with Crippen molar-refractivity contribution in [3.8, 4) is 22.3 Å². The maximum absolute atomic E-state index is 2.85. The lowest BCUT2D eigenvalue weighted by molar-refractivity contribution is 1.33. The van der Waals surface area contributed by atoms with Gasteiger partial charge >= 0.3 is 0 Å². The molecule has 0 heterocycles. The third-order valence-corrected chi connectivity index (χ3v) is 5.34. The third-order valence-electron chi connectivity index (χ3n) is 4.04. The number of hydrogen-bond donors (Lipinski definition) is 0. The smallest absolute Gasteiger partial charge is 0.0122 e. The Balaban J connectivity index is 2.04. The highest BCUT2D eigenvalue weighted by Crippen LogP contribution is 2.30. The molecular weight excluding hydrogens is 333 g/mol. The molecule has 0 saturated heterocycles. The van der Waals surface area contributed by atoms with Gasteiger partial charge in [0.25, 0.3) is 0 Å². The molecular formula is C20H21P3. The van der Waals surface area contributed by atoms with E-state index >= 15 is 0 Å². The van der Waals surface area contributed by atoms with Crippen LogP contribution in [0, 0.1) is 0 Å². The van der Waals surface area contributed by atoms with Crippen LogP contribution in [0.1, 0.15) is 11.1 Å². The van der Waals surface area contributed by atoms with Gasteiger partial charge in [-0.15, -0.1) is 27.7 Å². The van der Waals surface area contributed by atoms with Crippen molar-refractivity contribution in [3.63, 3.8) is 0 Å². The fourth-order valence-electron chi connectivity index (χ4n) is 2.77. The molecule has 0 nitrogen and oxygen atoms in total. The number of rotatable bonds is 4. The van der Waals surface area contributed by atoms with E-state index in [1.165, 1.54) is 38.7 Å². The van der Waals surface area contributed by atoms with Gasteiger partial charge in [-0.25, -0.2) is 0 Å². The molecule has 116 valence electrons. The van der Waals surface area contributed by atoms with Gasteiger partial charge in [0.1, 0.15) is 0 Å². The topological polar surface area (TPSA) is 0 Å². The van der Waals surface area contributed by atoms with Gasteiger partial charge in [-0.2, -0.15) is 0 Å². The van der Waals surface area contributed by atoms with Crippen molar-refractivity contribution in [1.29, 1.82) is 0 Å². The predicted molar refractivity (Wildman–Crippen MR) is 113 cm³/mol. The Morgan fingerprint density at radius 2 is 1.39 bits per heavy atom. The van der Waals surface area contributed by atoms with Crippen molar-refractivity contribution < 1.29 is 0 Å². The normalized spacial score (nSPS) is 10.7. The fraction of sp³-hybridized carbons (Fsp3) is 0.100. The van der Waals surface area contributed by atoms with Crippen LogP contribution in [0.25, 0.3) is 22.3 Å². The molecule has 0 radical (unpaired) electrons. The van der Waals surface area contributed by atoms with Crippen LogP contribution < -0.4 is 5.30 Å². The average Bonchev–Trinajstić information content (AvgIpc) is 2.62. The lowest BCUT2D eigenvalue weighted by Gasteiger charge is -2.12. The second-order valence-corrected chi connectivity index (χ2v) is 7.09. The summed E-state index contributed by atoms with van der Waals surface area (Å²) in [6, 6.07) is 24.2. The van der Waals surface area contributed by atoms with Gasteiger partial charge in [-0.1, -0.05) is 60.7 Å². The molecule has 0 spiro atoms. The minimum absolute atomic E-state index is 0.972. The summed E-state index contributed by atoms with van der Waals surface area (Å²) in [5.41, 5.74) is 7.87. The maximum atomic E-state index is 2.85. The number of benzene rings is 3. The quantitative estimate of drug-likeness (QED) is 0.560. The van der Waals surface area contributed by atoms with E-state index in [4.69, 9.17) is 0 Å². The molecule has 3 atom stereocenters. The Morgan fingerprint density at radius 3 is 2.09 bits per heavy atom. The molecule has 23 heavy (non-hydrogen) atoms. The molecule has 3 aromatic rings. The van der Waals surface area contributed by atoms with Crippen LogP contribution in [-0.4, -0.2) is 0 Å². The zero-order chi connectivity index (χ0) is 16.2. The zero-order valence-corrected chi connectivity index (χ0v) is 16.5. The Kier molecular flexibility index (Phi) is 5.61. The summed E-state index contributed by atoms with van der Waals surface area (Å²) in [4.78, 5) is 0. The summed E-state index contributed by atoms with van der Waals surface area (Å²) in [5, 5.41) is 1.21. The molecule has 0 aliphatic carbocycles. The highest BCUT2D eigenvalue weighted by molar-refractivity contribution is 7.27. The van der Waals surface area contributed by atoms with Gasteiger partial charge in [0.05, 0.1) is 0 Å². The lowest BCUT2D eigenvalue weighted by atomic mass is 9.95. The molecule has 0 saturated carbocycles. The molecule has 0 bridgehead atoms. The molecule has 0 amide bonds. The zero-order valence-electron chi connectivity index (χ0n) is 13.0. The molecule has 0 aromatic heterocycles. The first-order valence-corrected chi connectivity index (χ1v) is 9.90. The summed E-state index contributed by atoms with van der Waals surface area (Å²) in [6.45, 7) is 0. The van der Waals surface area contributed by atoms with E-state index in [9.17, 15) is 0 Å². The highest BCUT2D eigenvalue weighted by Gasteiger charge is 2.06. The van der Waals surface area contributed by atoms with Crippen molar-refractivity contribution in [3.05, 3.63) is 77.9 Å². The molecule has 0 aliphatic rings. The van der Waals surface area contributed by atoms with Gasteiger partial charge < -0.3 is 0 Å². The van der Waals surface area contributed by atoms with Crippen LogP contribution in [0.15, 0.2) is 66.7 Å². The lowest BCUT2D eigenvalue weighted by Crippen LogP contribution is -1.91. The van der Waals surface area contributed by atoms with Crippen LogP contribution in [-0.2, 0) is 12.3 Å². The SMILES string of the molecule is PCc1ccc(-c2cccc(-c3ccc(P)cc3)c2)c(CP)c1. The summed E-state index contributed by atoms with van der Waals surface area (Å²) in [5.74, 6) is 0. The second-order valence-electron chi connectivity index (χ2n) is 5.60. The Hall–Kier alpha value is -1.05. The van der Waals surface area contributed by atoms with E-state index in [1.807, 2.05) is 0 Å². The van der Waals surface area contributed by atoms with Crippen molar-refractivity contribution in [1.82, 2.24) is 0 Å². The number of hydrogen-bond acceptors (Lipinski definition) is 0. The molecule has 0 N–H and O–H groups in total. The summed E-state index contributed by atoms with van der Waals surface area (Å²) in [6.07, 6.45) is 1.97. The molecule has 3 aromatic carbocycles. The van der Waals surface area contributed by atoms with Gasteiger partial charge in [-0.3, -0.25) is 0 Å². The Morgan fingerprint density at radius 1 is 0.652 bits per heavy atom. The van der Waals surface area contributed by atoms with E-state index in [-0.39, 0.29) is 0 Å². The van der Waals surface area contributed by atoms with Gasteiger partial charge in [0.15, 0.2) is 0 Å². The first kappa shape index (κ1) is 16.8. The molecule has 3 unspecified atom stereocenters. The molecule has 0 fully saturated rings. The first-order chi connectivity index (χ1) is 11.2.